The summed E-state index contributed by atoms with van der Waals surface area (Å²) in [5.41, 5.74) is 1.85. The Hall–Kier alpha value is -2.81. The van der Waals surface area contributed by atoms with Gasteiger partial charge < -0.3 is 20.3 Å². The van der Waals surface area contributed by atoms with Crippen molar-refractivity contribution in [1.29, 1.82) is 0 Å². The SMILES string of the molecule is OC(CNc1cc(-n2cccc2)nc(NCc2cccc(Cl)c2)n1)NCc1ccc(Cl)cc1Cl. The van der Waals surface area contributed by atoms with Crippen LogP contribution >= 0.6 is 34.8 Å². The molecule has 176 valence electrons. The van der Waals surface area contributed by atoms with Gasteiger partial charge in [-0.05, 0) is 47.5 Å². The highest BCUT2D eigenvalue weighted by Crippen LogP contribution is 2.21. The van der Waals surface area contributed by atoms with E-state index in [1.165, 1.54) is 0 Å². The van der Waals surface area contributed by atoms with Gasteiger partial charge in [-0.2, -0.15) is 9.97 Å². The Morgan fingerprint density at radius 3 is 2.41 bits per heavy atom. The summed E-state index contributed by atoms with van der Waals surface area (Å²) in [5.74, 6) is 1.70. The van der Waals surface area contributed by atoms with E-state index in [-0.39, 0.29) is 6.54 Å². The van der Waals surface area contributed by atoms with Crippen LogP contribution in [0.25, 0.3) is 5.82 Å². The highest BCUT2D eigenvalue weighted by molar-refractivity contribution is 6.35. The minimum atomic E-state index is -0.834. The maximum absolute atomic E-state index is 10.4. The van der Waals surface area contributed by atoms with Crippen LogP contribution < -0.4 is 16.0 Å². The monoisotopic (exact) mass is 516 g/mol. The molecule has 4 rings (SSSR count). The molecule has 10 heteroatoms. The van der Waals surface area contributed by atoms with Gasteiger partial charge in [0.25, 0.3) is 0 Å². The van der Waals surface area contributed by atoms with Crippen molar-refractivity contribution in [2.24, 2.45) is 0 Å². The molecule has 0 fully saturated rings. The molecule has 2 aromatic carbocycles. The lowest BCUT2D eigenvalue weighted by molar-refractivity contribution is 0.148. The van der Waals surface area contributed by atoms with Crippen LogP contribution in [0.1, 0.15) is 11.1 Å². The number of benzene rings is 2. The minimum absolute atomic E-state index is 0.223. The van der Waals surface area contributed by atoms with Crippen molar-refractivity contribution in [1.82, 2.24) is 19.9 Å². The van der Waals surface area contributed by atoms with Gasteiger partial charge >= 0.3 is 0 Å². The Kier molecular flexibility index (Phi) is 8.26. The molecule has 0 bridgehead atoms. The van der Waals surface area contributed by atoms with Crippen LogP contribution in [-0.2, 0) is 13.1 Å². The molecular weight excluding hydrogens is 495 g/mol. The van der Waals surface area contributed by atoms with E-state index < -0.39 is 6.23 Å². The second-order valence-electron chi connectivity index (χ2n) is 7.52. The third kappa shape index (κ3) is 6.85. The largest absolute Gasteiger partial charge is 0.377 e. The van der Waals surface area contributed by atoms with E-state index >= 15 is 0 Å². The molecule has 34 heavy (non-hydrogen) atoms. The van der Waals surface area contributed by atoms with E-state index in [1.807, 2.05) is 65.5 Å². The van der Waals surface area contributed by atoms with Gasteiger partial charge in [0.2, 0.25) is 5.95 Å². The van der Waals surface area contributed by atoms with E-state index in [0.717, 1.165) is 11.1 Å². The zero-order chi connectivity index (χ0) is 23.9. The molecule has 7 nitrogen and oxygen atoms in total. The van der Waals surface area contributed by atoms with Crippen molar-refractivity contribution in [3.8, 4) is 5.82 Å². The van der Waals surface area contributed by atoms with Crippen LogP contribution in [0.15, 0.2) is 73.1 Å². The fourth-order valence-corrected chi connectivity index (χ4v) is 3.91. The van der Waals surface area contributed by atoms with E-state index in [0.29, 0.717) is 45.7 Å². The van der Waals surface area contributed by atoms with Crippen LogP contribution in [0.4, 0.5) is 11.8 Å². The Morgan fingerprint density at radius 2 is 1.65 bits per heavy atom. The zero-order valence-corrected chi connectivity index (χ0v) is 20.3. The molecule has 1 atom stereocenters. The van der Waals surface area contributed by atoms with Crippen molar-refractivity contribution < 1.29 is 5.11 Å². The predicted octanol–water partition coefficient (Wildman–Crippen LogP) is 5.36. The number of aromatic nitrogens is 3. The predicted molar refractivity (Wildman–Crippen MR) is 138 cm³/mol. The lowest BCUT2D eigenvalue weighted by Crippen LogP contribution is -2.35. The van der Waals surface area contributed by atoms with Crippen LogP contribution in [0, 0.1) is 0 Å². The number of nitrogens with one attached hydrogen (secondary N) is 3. The molecule has 0 saturated carbocycles. The van der Waals surface area contributed by atoms with Crippen LogP contribution in [-0.4, -0.2) is 32.4 Å². The Balaban J connectivity index is 1.41. The first-order valence-corrected chi connectivity index (χ1v) is 11.7. The molecule has 0 spiro atoms. The van der Waals surface area contributed by atoms with Gasteiger partial charge in [0.15, 0.2) is 0 Å². The molecule has 2 heterocycles. The molecule has 0 radical (unpaired) electrons. The number of nitrogens with zero attached hydrogens (tertiary/aromatic N) is 3. The number of anilines is 2. The third-order valence-electron chi connectivity index (χ3n) is 4.94. The summed E-state index contributed by atoms with van der Waals surface area (Å²) < 4.78 is 1.88. The average molecular weight is 518 g/mol. The normalized spacial score (nSPS) is 11.9. The zero-order valence-electron chi connectivity index (χ0n) is 18.0. The standard InChI is InChI=1S/C24H23Cl3N6O/c25-18-5-3-4-16(10-18)13-30-24-31-21(12-22(32-24)33-8-1-2-9-33)28-15-23(34)29-14-17-6-7-19(26)11-20(17)27/h1-12,23,29,34H,13-15H2,(H2,28,30,31,32). The van der Waals surface area contributed by atoms with Gasteiger partial charge in [0.1, 0.15) is 17.9 Å². The molecule has 2 aromatic heterocycles. The summed E-state index contributed by atoms with van der Waals surface area (Å²) in [6, 6.07) is 18.5. The number of halogens is 3. The van der Waals surface area contributed by atoms with Crippen LogP contribution in [0.2, 0.25) is 15.1 Å². The van der Waals surface area contributed by atoms with Crippen molar-refractivity contribution in [2.45, 2.75) is 19.3 Å². The first kappa shape index (κ1) is 24.3. The number of rotatable bonds is 10. The van der Waals surface area contributed by atoms with E-state index in [2.05, 4.69) is 25.9 Å². The van der Waals surface area contributed by atoms with Gasteiger partial charge in [-0.25, -0.2) is 0 Å². The first-order valence-electron chi connectivity index (χ1n) is 10.6. The quantitative estimate of drug-likeness (QED) is 0.212. The summed E-state index contributed by atoms with van der Waals surface area (Å²) >= 11 is 18.2. The van der Waals surface area contributed by atoms with E-state index in [4.69, 9.17) is 34.8 Å². The Bertz CT molecular complexity index is 1240. The average Bonchev–Trinajstić information content (AvgIpc) is 3.36. The minimum Gasteiger partial charge on any atom is -0.377 e. The van der Waals surface area contributed by atoms with Gasteiger partial charge in [0, 0.05) is 46.6 Å². The highest BCUT2D eigenvalue weighted by Gasteiger charge is 2.10. The summed E-state index contributed by atoms with van der Waals surface area (Å²) in [7, 11) is 0. The van der Waals surface area contributed by atoms with E-state index in [9.17, 15) is 5.11 Å². The Labute approximate surface area is 212 Å². The number of hydrogen-bond acceptors (Lipinski definition) is 6. The fourth-order valence-electron chi connectivity index (χ4n) is 3.22. The first-order chi connectivity index (χ1) is 16.5. The molecule has 0 aliphatic heterocycles. The van der Waals surface area contributed by atoms with Gasteiger partial charge in [0.05, 0.1) is 6.54 Å². The molecular formula is C24H23Cl3N6O. The summed E-state index contributed by atoms with van der Waals surface area (Å²) in [5, 5.41) is 21.6. The van der Waals surface area contributed by atoms with Gasteiger partial charge in [-0.3, -0.25) is 5.32 Å². The summed E-state index contributed by atoms with van der Waals surface area (Å²) in [6.45, 7) is 1.13. The number of aliphatic hydroxyl groups is 1. The van der Waals surface area contributed by atoms with Gasteiger partial charge in [-0.15, -0.1) is 0 Å². The van der Waals surface area contributed by atoms with Crippen molar-refractivity contribution in [2.75, 3.05) is 17.2 Å². The third-order valence-corrected chi connectivity index (χ3v) is 5.76. The lowest BCUT2D eigenvalue weighted by Gasteiger charge is -2.16. The second kappa shape index (κ2) is 11.6. The molecule has 4 aromatic rings. The maximum atomic E-state index is 10.4. The van der Waals surface area contributed by atoms with E-state index in [1.54, 1.807) is 12.1 Å². The smallest absolute Gasteiger partial charge is 0.226 e. The highest BCUT2D eigenvalue weighted by atomic mass is 35.5. The summed E-state index contributed by atoms with van der Waals surface area (Å²) in [4.78, 5) is 9.14. The molecule has 0 aliphatic rings. The Morgan fingerprint density at radius 1 is 0.853 bits per heavy atom. The van der Waals surface area contributed by atoms with Crippen molar-refractivity contribution in [3.05, 3.63) is 99.3 Å². The number of aliphatic hydroxyl groups excluding tert-OH is 1. The van der Waals surface area contributed by atoms with Crippen molar-refractivity contribution >= 4 is 46.6 Å². The number of hydrogen-bond donors (Lipinski definition) is 4. The topological polar surface area (TPSA) is 87.0 Å². The van der Waals surface area contributed by atoms with Crippen molar-refractivity contribution in [3.63, 3.8) is 0 Å². The molecule has 4 N–H and O–H groups in total. The summed E-state index contributed by atoms with van der Waals surface area (Å²) in [6.07, 6.45) is 2.97. The molecule has 0 amide bonds. The molecule has 0 aliphatic carbocycles. The van der Waals surface area contributed by atoms with Crippen LogP contribution in [0.5, 0.6) is 0 Å². The van der Waals surface area contributed by atoms with Crippen LogP contribution in [0.3, 0.4) is 0 Å². The molecule has 1 unspecified atom stereocenters. The lowest BCUT2D eigenvalue weighted by atomic mass is 10.2. The molecule has 0 saturated heterocycles. The fraction of sp³-hybridized carbons (Fsp3) is 0.167. The second-order valence-corrected chi connectivity index (χ2v) is 8.80. The van der Waals surface area contributed by atoms with Gasteiger partial charge in [-0.1, -0.05) is 53.0 Å². The maximum Gasteiger partial charge on any atom is 0.226 e.